The number of carbonyl (C=O) groups is 2. The maximum absolute atomic E-state index is 12.7. The van der Waals surface area contributed by atoms with Gasteiger partial charge in [-0.3, -0.25) is 4.79 Å². The highest BCUT2D eigenvalue weighted by molar-refractivity contribution is 14.1. The Morgan fingerprint density at radius 1 is 1.45 bits per heavy atom. The van der Waals surface area contributed by atoms with E-state index in [1.165, 1.54) is 4.90 Å². The van der Waals surface area contributed by atoms with Gasteiger partial charge in [0.1, 0.15) is 5.60 Å². The van der Waals surface area contributed by atoms with Gasteiger partial charge in [0.25, 0.3) is 5.91 Å². The average Bonchev–Trinajstić information content (AvgIpc) is 2.72. The summed E-state index contributed by atoms with van der Waals surface area (Å²) in [7, 11) is 0. The summed E-state index contributed by atoms with van der Waals surface area (Å²) in [5, 5.41) is 0. The van der Waals surface area contributed by atoms with Crippen molar-refractivity contribution in [3.8, 4) is 0 Å². The van der Waals surface area contributed by atoms with Crippen molar-refractivity contribution in [2.45, 2.75) is 56.2 Å². The fraction of sp³-hybridized carbons (Fsp3) is 0.857. The molecule has 0 aromatic heterocycles. The average molecular weight is 395 g/mol. The van der Waals surface area contributed by atoms with Gasteiger partial charge in [0.05, 0.1) is 6.61 Å². The molecule has 2 rings (SSSR count). The minimum absolute atomic E-state index is 0.252. The number of imide groups is 1. The summed E-state index contributed by atoms with van der Waals surface area (Å²) >= 11 is 2.32. The van der Waals surface area contributed by atoms with Crippen LogP contribution in [0.5, 0.6) is 0 Å². The molecule has 2 aliphatic heterocycles. The van der Waals surface area contributed by atoms with Gasteiger partial charge in [-0.1, -0.05) is 36.4 Å². The van der Waals surface area contributed by atoms with E-state index < -0.39 is 17.3 Å². The second kappa shape index (κ2) is 4.83. The topological polar surface area (TPSA) is 55.8 Å². The predicted molar refractivity (Wildman–Crippen MR) is 82.8 cm³/mol. The number of likely N-dealkylation sites (tertiary alicyclic amines) is 1. The van der Waals surface area contributed by atoms with Gasteiger partial charge >= 0.3 is 6.09 Å². The fourth-order valence-electron chi connectivity index (χ4n) is 2.78. The predicted octanol–water partition coefficient (Wildman–Crippen LogP) is 2.75. The highest BCUT2D eigenvalue weighted by Crippen LogP contribution is 2.52. The molecule has 0 saturated carbocycles. The zero-order chi connectivity index (χ0) is 15.3. The van der Waals surface area contributed by atoms with Crippen molar-refractivity contribution in [2.75, 3.05) is 13.2 Å². The Bertz CT molecular complexity index is 443. The first-order chi connectivity index (χ1) is 9.01. The third-order valence-corrected chi connectivity index (χ3v) is 6.11. The van der Waals surface area contributed by atoms with E-state index >= 15 is 0 Å². The van der Waals surface area contributed by atoms with Crippen LogP contribution in [-0.4, -0.2) is 45.2 Å². The lowest BCUT2D eigenvalue weighted by molar-refractivity contribution is -0.150. The van der Waals surface area contributed by atoms with Crippen molar-refractivity contribution in [1.29, 1.82) is 0 Å². The fourth-order valence-corrected chi connectivity index (χ4v) is 3.46. The summed E-state index contributed by atoms with van der Waals surface area (Å²) in [6.45, 7) is 10.3. The molecule has 0 N–H and O–H groups in total. The Morgan fingerprint density at radius 3 is 2.50 bits per heavy atom. The van der Waals surface area contributed by atoms with Gasteiger partial charge in [0.2, 0.25) is 0 Å². The molecule has 2 saturated heterocycles. The molecule has 0 bridgehead atoms. The highest BCUT2D eigenvalue weighted by atomic mass is 127. The maximum Gasteiger partial charge on any atom is 0.417 e. The lowest BCUT2D eigenvalue weighted by atomic mass is 9.73. The van der Waals surface area contributed by atoms with Crippen LogP contribution < -0.4 is 0 Å². The Kier molecular flexibility index (Phi) is 3.86. The van der Waals surface area contributed by atoms with Crippen molar-refractivity contribution < 1.29 is 19.1 Å². The van der Waals surface area contributed by atoms with E-state index in [9.17, 15) is 9.59 Å². The first-order valence-electron chi connectivity index (χ1n) is 6.84. The lowest BCUT2D eigenvalue weighted by Gasteiger charge is -2.36. The molecule has 2 aliphatic rings. The van der Waals surface area contributed by atoms with Crippen LogP contribution in [0.15, 0.2) is 0 Å². The summed E-state index contributed by atoms with van der Waals surface area (Å²) < 4.78 is 11.4. The second-order valence-electron chi connectivity index (χ2n) is 7.01. The van der Waals surface area contributed by atoms with E-state index in [1.807, 2.05) is 13.8 Å². The molecule has 114 valence electrons. The number of ether oxygens (including phenoxy) is 2. The lowest BCUT2D eigenvalue weighted by Crippen LogP contribution is -2.52. The van der Waals surface area contributed by atoms with Gasteiger partial charge in [-0.2, -0.15) is 0 Å². The first-order valence-corrected chi connectivity index (χ1v) is 8.09. The van der Waals surface area contributed by atoms with E-state index in [4.69, 9.17) is 9.47 Å². The van der Waals surface area contributed by atoms with E-state index in [0.29, 0.717) is 19.6 Å². The Labute approximate surface area is 133 Å². The van der Waals surface area contributed by atoms with Gasteiger partial charge in [-0.15, -0.1) is 0 Å². The molecule has 6 heteroatoms. The van der Waals surface area contributed by atoms with Crippen molar-refractivity contribution in [3.63, 3.8) is 0 Å². The molecule has 1 spiro atoms. The molecule has 2 amide bonds. The third-order valence-electron chi connectivity index (χ3n) is 4.19. The van der Waals surface area contributed by atoms with E-state index in [0.717, 1.165) is 0 Å². The van der Waals surface area contributed by atoms with Gasteiger partial charge in [-0.25, -0.2) is 9.69 Å². The molecule has 2 unspecified atom stereocenters. The number of hydrogen-bond donors (Lipinski definition) is 0. The van der Waals surface area contributed by atoms with Crippen molar-refractivity contribution in [2.24, 2.45) is 5.41 Å². The van der Waals surface area contributed by atoms with Crippen LogP contribution in [0.25, 0.3) is 0 Å². The second-order valence-corrected chi connectivity index (χ2v) is 8.52. The molecule has 0 aliphatic carbocycles. The number of rotatable bonds is 0. The van der Waals surface area contributed by atoms with Gasteiger partial charge in [0.15, 0.2) is 5.60 Å². The third kappa shape index (κ3) is 2.34. The zero-order valence-corrected chi connectivity index (χ0v) is 14.8. The summed E-state index contributed by atoms with van der Waals surface area (Å²) in [4.78, 5) is 26.0. The van der Waals surface area contributed by atoms with Crippen LogP contribution in [-0.2, 0) is 14.3 Å². The molecule has 0 aromatic rings. The summed E-state index contributed by atoms with van der Waals surface area (Å²) in [6.07, 6.45) is -0.0342. The molecular weight excluding hydrogens is 373 g/mol. The Balaban J connectivity index is 2.20. The number of nitrogens with zero attached hydrogens (tertiary/aromatic N) is 1. The van der Waals surface area contributed by atoms with Gasteiger partial charge in [0, 0.05) is 22.3 Å². The van der Waals surface area contributed by atoms with Crippen LogP contribution in [0, 0.1) is 5.41 Å². The summed E-state index contributed by atoms with van der Waals surface area (Å²) in [5.41, 5.74) is -1.78. The normalized spacial score (nSPS) is 33.0. The van der Waals surface area contributed by atoms with Crippen molar-refractivity contribution in [1.82, 2.24) is 4.90 Å². The van der Waals surface area contributed by atoms with Crippen LogP contribution in [0.3, 0.4) is 0 Å². The van der Waals surface area contributed by atoms with E-state index in [-0.39, 0.29) is 15.2 Å². The molecule has 2 heterocycles. The minimum Gasteiger partial charge on any atom is -0.443 e. The highest BCUT2D eigenvalue weighted by Gasteiger charge is 2.64. The number of alkyl halides is 1. The van der Waals surface area contributed by atoms with Crippen molar-refractivity contribution in [3.05, 3.63) is 0 Å². The van der Waals surface area contributed by atoms with Crippen LogP contribution in [0.4, 0.5) is 4.79 Å². The smallest absolute Gasteiger partial charge is 0.417 e. The van der Waals surface area contributed by atoms with Crippen LogP contribution in [0.2, 0.25) is 0 Å². The quantitative estimate of drug-likeness (QED) is 0.468. The molecule has 5 nitrogen and oxygen atoms in total. The summed E-state index contributed by atoms with van der Waals surface area (Å²) in [6, 6.07) is 0. The summed E-state index contributed by atoms with van der Waals surface area (Å²) in [5.74, 6) is -0.254. The van der Waals surface area contributed by atoms with E-state index in [1.54, 1.807) is 20.8 Å². The largest absolute Gasteiger partial charge is 0.443 e. The van der Waals surface area contributed by atoms with Crippen LogP contribution >= 0.6 is 22.6 Å². The SMILES string of the molecule is CC(C)(C)OC(=O)N1CCC2(OCC(I)C2(C)C)C1=O. The number of amides is 2. The number of carbonyl (C=O) groups excluding carboxylic acids is 2. The van der Waals surface area contributed by atoms with Crippen LogP contribution in [0.1, 0.15) is 41.0 Å². The Hall–Kier alpha value is -0.370. The first kappa shape index (κ1) is 16.0. The van der Waals surface area contributed by atoms with E-state index in [2.05, 4.69) is 22.6 Å². The molecule has 0 aromatic carbocycles. The molecular formula is C14H22INO4. The number of halogens is 1. The molecule has 2 atom stereocenters. The van der Waals surface area contributed by atoms with Gasteiger partial charge in [-0.05, 0) is 20.8 Å². The zero-order valence-electron chi connectivity index (χ0n) is 12.7. The molecule has 20 heavy (non-hydrogen) atoms. The Morgan fingerprint density at radius 2 is 2.05 bits per heavy atom. The van der Waals surface area contributed by atoms with Gasteiger partial charge < -0.3 is 9.47 Å². The standard InChI is InChI=1S/C14H22INO4/c1-12(2,3)20-11(18)16-7-6-14(10(16)17)13(4,5)9(15)8-19-14/h9H,6-8H2,1-5H3. The monoisotopic (exact) mass is 395 g/mol. The molecule has 2 fully saturated rings. The minimum atomic E-state index is -0.879. The molecule has 0 radical (unpaired) electrons. The number of hydrogen-bond acceptors (Lipinski definition) is 4. The maximum atomic E-state index is 12.7. The van der Waals surface area contributed by atoms with Crippen molar-refractivity contribution >= 4 is 34.6 Å².